The molecule has 5 nitrogen and oxygen atoms in total. The molecule has 0 N–H and O–H groups in total. The molecule has 4 atom stereocenters. The van der Waals surface area contributed by atoms with E-state index in [0.717, 1.165) is 0 Å². The molecule has 2 bridgehead atoms. The maximum Gasteiger partial charge on any atom is 0.347 e. The van der Waals surface area contributed by atoms with Gasteiger partial charge in [0.2, 0.25) is 0 Å². The highest BCUT2D eigenvalue weighted by Crippen LogP contribution is 2.61. The van der Waals surface area contributed by atoms with E-state index < -0.39 is 0 Å². The number of hydrogen-bond donors (Lipinski definition) is 0. The molecule has 0 unspecified atom stereocenters. The fourth-order valence-electron chi connectivity index (χ4n) is 4.85. The first-order chi connectivity index (χ1) is 10.9. The Morgan fingerprint density at radius 1 is 0.833 bits per heavy atom. The molecule has 3 heterocycles. The fraction of sp³-hybridized carbons (Fsp3) is 0.684. The maximum absolute atomic E-state index is 12.8. The summed E-state index contributed by atoms with van der Waals surface area (Å²) in [6.45, 7) is 13.3. The van der Waals surface area contributed by atoms with Gasteiger partial charge in [0.15, 0.2) is 0 Å². The molecule has 0 aromatic carbocycles. The van der Waals surface area contributed by atoms with Crippen molar-refractivity contribution in [3.05, 3.63) is 44.3 Å². The number of hydrogen-bond acceptors (Lipinski definition) is 2. The molecule has 0 spiro atoms. The lowest BCUT2D eigenvalue weighted by molar-refractivity contribution is 0.0840. The average molecular weight is 329 g/mol. The van der Waals surface area contributed by atoms with Crippen LogP contribution in [0.3, 0.4) is 0 Å². The summed E-state index contributed by atoms with van der Waals surface area (Å²) in [7, 11) is 1.58. The summed E-state index contributed by atoms with van der Waals surface area (Å²) >= 11 is 0. The van der Waals surface area contributed by atoms with Crippen LogP contribution in [0, 0.1) is 22.7 Å². The molecular weight excluding hydrogens is 302 g/mol. The average Bonchev–Trinajstić information content (AvgIpc) is 2.62. The second-order valence-electron chi connectivity index (χ2n) is 9.60. The Labute approximate surface area is 142 Å². The van der Waals surface area contributed by atoms with Crippen LogP contribution in [0.2, 0.25) is 0 Å². The van der Waals surface area contributed by atoms with Gasteiger partial charge in [0.1, 0.15) is 0 Å². The summed E-state index contributed by atoms with van der Waals surface area (Å²) in [5.74, 6) is 0.656. The van der Waals surface area contributed by atoms with Crippen molar-refractivity contribution in [1.29, 1.82) is 0 Å². The molecule has 0 radical (unpaired) electrons. The van der Waals surface area contributed by atoms with Gasteiger partial charge in [-0.05, 0) is 16.4 Å². The molecular formula is C19H27N3O2. The summed E-state index contributed by atoms with van der Waals surface area (Å²) in [6, 6.07) is -0.0812. The second kappa shape index (κ2) is 4.24. The zero-order chi connectivity index (χ0) is 17.8. The highest BCUT2D eigenvalue weighted by Gasteiger charge is 2.57. The third-order valence-corrected chi connectivity index (χ3v) is 6.03. The van der Waals surface area contributed by atoms with Crippen molar-refractivity contribution in [2.45, 2.75) is 53.6 Å². The molecule has 2 aliphatic carbocycles. The predicted molar refractivity (Wildman–Crippen MR) is 94.1 cm³/mol. The van der Waals surface area contributed by atoms with Gasteiger partial charge in [0.25, 0.3) is 0 Å². The van der Waals surface area contributed by atoms with Crippen LogP contribution < -0.4 is 11.4 Å². The molecule has 0 saturated heterocycles. The molecule has 1 aromatic rings. The topological polar surface area (TPSA) is 48.9 Å². The van der Waals surface area contributed by atoms with E-state index in [9.17, 15) is 9.59 Å². The molecule has 2 aliphatic heterocycles. The van der Waals surface area contributed by atoms with E-state index in [1.807, 2.05) is 0 Å². The molecule has 0 fully saturated rings. The van der Waals surface area contributed by atoms with E-state index in [2.05, 4.69) is 53.7 Å². The highest BCUT2D eigenvalue weighted by atomic mass is 16.2. The molecule has 0 amide bonds. The third kappa shape index (κ3) is 1.70. The number of rotatable bonds is 0. The molecule has 5 rings (SSSR count). The zero-order valence-electron chi connectivity index (χ0n) is 15.6. The van der Waals surface area contributed by atoms with Gasteiger partial charge >= 0.3 is 11.4 Å². The van der Waals surface area contributed by atoms with Crippen LogP contribution in [0.25, 0.3) is 0 Å². The van der Waals surface area contributed by atoms with Crippen LogP contribution >= 0.6 is 0 Å². The van der Waals surface area contributed by atoms with Crippen LogP contribution in [0.15, 0.2) is 32.9 Å². The van der Waals surface area contributed by atoms with Crippen molar-refractivity contribution in [2.75, 3.05) is 0 Å². The maximum atomic E-state index is 12.8. The van der Waals surface area contributed by atoms with Crippen molar-refractivity contribution < 1.29 is 0 Å². The van der Waals surface area contributed by atoms with Crippen molar-refractivity contribution in [3.8, 4) is 0 Å². The summed E-state index contributed by atoms with van der Waals surface area (Å²) < 4.78 is 4.69. The van der Waals surface area contributed by atoms with E-state index in [1.165, 1.54) is 15.7 Å². The summed E-state index contributed by atoms with van der Waals surface area (Å²) in [6.07, 6.45) is 4.59. The lowest BCUT2D eigenvalue weighted by atomic mass is 9.54. The Hall–Kier alpha value is -1.78. The van der Waals surface area contributed by atoms with Gasteiger partial charge in [0.05, 0.1) is 12.1 Å². The van der Waals surface area contributed by atoms with Crippen LogP contribution in [0.1, 0.15) is 53.6 Å². The largest absolute Gasteiger partial charge is 0.347 e. The second-order valence-corrected chi connectivity index (χ2v) is 9.60. The van der Waals surface area contributed by atoms with E-state index >= 15 is 0 Å². The van der Waals surface area contributed by atoms with Gasteiger partial charge in [-0.1, -0.05) is 59.3 Å². The Bertz CT molecular complexity index is 908. The minimum atomic E-state index is -0.199. The van der Waals surface area contributed by atoms with Gasteiger partial charge in [-0.25, -0.2) is 23.5 Å². The van der Waals surface area contributed by atoms with Crippen molar-refractivity contribution >= 4 is 0 Å². The summed E-state index contributed by atoms with van der Waals surface area (Å²) in [4.78, 5) is 25.4. The number of aromatic nitrogens is 3. The molecule has 130 valence electrons. The summed E-state index contributed by atoms with van der Waals surface area (Å²) in [5, 5.41) is 0. The molecule has 1 aromatic heterocycles. The minimum Gasteiger partial charge on any atom is -0.246 e. The van der Waals surface area contributed by atoms with Gasteiger partial charge in [-0.2, -0.15) is 0 Å². The Balaban J connectivity index is 1.99. The fourth-order valence-corrected chi connectivity index (χ4v) is 4.85. The van der Waals surface area contributed by atoms with Crippen LogP contribution in [-0.2, 0) is 7.05 Å². The minimum absolute atomic E-state index is 0.0248. The third-order valence-electron chi connectivity index (χ3n) is 6.03. The van der Waals surface area contributed by atoms with Gasteiger partial charge in [-0.15, -0.1) is 0 Å². The molecule has 24 heavy (non-hydrogen) atoms. The van der Waals surface area contributed by atoms with Crippen molar-refractivity contribution in [2.24, 2.45) is 29.7 Å². The quantitative estimate of drug-likeness (QED) is 0.687. The number of nitrogens with zero attached hydrogens (tertiary/aromatic N) is 3. The monoisotopic (exact) mass is 329 g/mol. The smallest absolute Gasteiger partial charge is 0.246 e. The molecule has 0 saturated carbocycles. The highest BCUT2D eigenvalue weighted by molar-refractivity contribution is 5.41. The van der Waals surface area contributed by atoms with Crippen molar-refractivity contribution in [3.63, 3.8) is 0 Å². The normalized spacial score (nSPS) is 31.1. The first kappa shape index (κ1) is 15.7. The number of allylic oxidation sites excluding steroid dienone is 4. The predicted octanol–water partition coefficient (Wildman–Crippen LogP) is 2.65. The standard InChI is InChI=1S/C19H27N3O2/c1-18(2,3)11-8-10-13-9-12(19(4,5)6)15(14(10)11)22-17(24)20(7)16(23)21(13)22/h8-10,13-15H,1-7H3/t10-,13+,14-,15+/m1/s1. The Kier molecular flexibility index (Phi) is 2.78. The van der Waals surface area contributed by atoms with E-state index in [0.29, 0.717) is 11.8 Å². The Morgan fingerprint density at radius 3 is 1.92 bits per heavy atom. The van der Waals surface area contributed by atoms with Gasteiger partial charge in [-0.3, -0.25) is 0 Å². The SMILES string of the molecule is Cn1c(=O)n2n(c1=O)[C@H]1C(C(C)(C)C)=C[C@H]2[C@H]2C=C(C(C)(C)C)[C@@H]21. The van der Waals surface area contributed by atoms with Crippen LogP contribution in [-0.4, -0.2) is 13.9 Å². The van der Waals surface area contributed by atoms with E-state index in [-0.39, 0.29) is 34.3 Å². The Morgan fingerprint density at radius 2 is 1.38 bits per heavy atom. The lowest BCUT2D eigenvalue weighted by Gasteiger charge is -2.57. The van der Waals surface area contributed by atoms with Gasteiger partial charge in [0, 0.05) is 18.9 Å². The lowest BCUT2D eigenvalue weighted by Crippen LogP contribution is -2.56. The van der Waals surface area contributed by atoms with Crippen LogP contribution in [0.4, 0.5) is 0 Å². The van der Waals surface area contributed by atoms with E-state index in [1.54, 1.807) is 16.4 Å². The molecule has 4 aliphatic rings. The van der Waals surface area contributed by atoms with Crippen molar-refractivity contribution in [1.82, 2.24) is 13.9 Å². The zero-order valence-corrected chi connectivity index (χ0v) is 15.6. The molecule has 5 heteroatoms. The first-order valence-corrected chi connectivity index (χ1v) is 8.79. The van der Waals surface area contributed by atoms with E-state index in [4.69, 9.17) is 0 Å². The first-order valence-electron chi connectivity index (χ1n) is 8.79. The van der Waals surface area contributed by atoms with Gasteiger partial charge < -0.3 is 0 Å². The summed E-state index contributed by atoms with van der Waals surface area (Å²) in [5.41, 5.74) is 2.38. The van der Waals surface area contributed by atoms with Crippen LogP contribution in [0.5, 0.6) is 0 Å².